The SMILES string of the molecule is CCNC(=NCCc1cc(C)ccc1OC)N(C)CCOCC1CC1. The van der Waals surface area contributed by atoms with Gasteiger partial charge in [-0.1, -0.05) is 17.7 Å². The number of hydrogen-bond acceptors (Lipinski definition) is 3. The molecule has 0 heterocycles. The Balaban J connectivity index is 1.83. The molecule has 0 aromatic heterocycles. The van der Waals surface area contributed by atoms with Crippen molar-refractivity contribution in [2.75, 3.05) is 47.0 Å². The third kappa shape index (κ3) is 6.94. The summed E-state index contributed by atoms with van der Waals surface area (Å²) in [6, 6.07) is 6.28. The largest absolute Gasteiger partial charge is 0.496 e. The van der Waals surface area contributed by atoms with Crippen LogP contribution in [0.2, 0.25) is 0 Å². The zero-order valence-electron chi connectivity index (χ0n) is 16.2. The van der Waals surface area contributed by atoms with Crippen LogP contribution in [-0.2, 0) is 11.2 Å². The molecule has 140 valence electrons. The van der Waals surface area contributed by atoms with E-state index in [1.807, 2.05) is 6.07 Å². The van der Waals surface area contributed by atoms with Gasteiger partial charge in [-0.05, 0) is 50.7 Å². The van der Waals surface area contributed by atoms with E-state index < -0.39 is 0 Å². The Morgan fingerprint density at radius 2 is 2.16 bits per heavy atom. The lowest BCUT2D eigenvalue weighted by atomic mass is 10.1. The van der Waals surface area contributed by atoms with Gasteiger partial charge in [0, 0.05) is 33.3 Å². The molecule has 25 heavy (non-hydrogen) atoms. The predicted octanol–water partition coefficient (Wildman–Crippen LogP) is 2.87. The average molecular weight is 348 g/mol. The highest BCUT2D eigenvalue weighted by molar-refractivity contribution is 5.79. The molecule has 1 N–H and O–H groups in total. The van der Waals surface area contributed by atoms with Crippen LogP contribution in [-0.4, -0.2) is 57.9 Å². The van der Waals surface area contributed by atoms with Crippen LogP contribution in [0.4, 0.5) is 0 Å². The van der Waals surface area contributed by atoms with Crippen LogP contribution in [0.25, 0.3) is 0 Å². The van der Waals surface area contributed by atoms with Gasteiger partial charge in [0.2, 0.25) is 0 Å². The Morgan fingerprint density at radius 3 is 2.84 bits per heavy atom. The van der Waals surface area contributed by atoms with E-state index >= 15 is 0 Å². The predicted molar refractivity (Wildman–Crippen MR) is 104 cm³/mol. The highest BCUT2D eigenvalue weighted by Crippen LogP contribution is 2.28. The fourth-order valence-electron chi connectivity index (χ4n) is 2.70. The molecule has 2 rings (SSSR count). The molecule has 1 aliphatic carbocycles. The first-order valence-electron chi connectivity index (χ1n) is 9.34. The van der Waals surface area contributed by atoms with E-state index in [-0.39, 0.29) is 0 Å². The van der Waals surface area contributed by atoms with Crippen molar-refractivity contribution in [1.29, 1.82) is 0 Å². The highest BCUT2D eigenvalue weighted by atomic mass is 16.5. The quantitative estimate of drug-likeness (QED) is 0.402. The number of rotatable bonds is 10. The monoisotopic (exact) mass is 347 g/mol. The number of aliphatic imine (C=N–C) groups is 1. The van der Waals surface area contributed by atoms with E-state index in [0.717, 1.165) is 56.9 Å². The maximum absolute atomic E-state index is 5.73. The van der Waals surface area contributed by atoms with Gasteiger partial charge < -0.3 is 19.7 Å². The van der Waals surface area contributed by atoms with Gasteiger partial charge in [0.05, 0.1) is 13.7 Å². The molecule has 1 aromatic rings. The van der Waals surface area contributed by atoms with Crippen molar-refractivity contribution in [2.45, 2.75) is 33.1 Å². The lowest BCUT2D eigenvalue weighted by Crippen LogP contribution is -2.40. The Morgan fingerprint density at radius 1 is 1.36 bits per heavy atom. The molecule has 1 fully saturated rings. The van der Waals surface area contributed by atoms with Gasteiger partial charge in [0.25, 0.3) is 0 Å². The molecule has 0 atom stereocenters. The molecule has 1 aromatic carbocycles. The van der Waals surface area contributed by atoms with Gasteiger partial charge in [-0.25, -0.2) is 0 Å². The Hall–Kier alpha value is -1.75. The minimum absolute atomic E-state index is 0.732. The van der Waals surface area contributed by atoms with Crippen LogP contribution in [0.5, 0.6) is 5.75 Å². The molecule has 0 bridgehead atoms. The van der Waals surface area contributed by atoms with Crippen molar-refractivity contribution in [3.8, 4) is 5.75 Å². The van der Waals surface area contributed by atoms with E-state index in [1.54, 1.807) is 7.11 Å². The second-order valence-electron chi connectivity index (χ2n) is 6.74. The van der Waals surface area contributed by atoms with Gasteiger partial charge in [-0.2, -0.15) is 0 Å². The summed E-state index contributed by atoms with van der Waals surface area (Å²) in [6.45, 7) is 8.31. The zero-order chi connectivity index (χ0) is 18.1. The van der Waals surface area contributed by atoms with E-state index in [4.69, 9.17) is 14.5 Å². The number of nitrogens with one attached hydrogen (secondary N) is 1. The maximum Gasteiger partial charge on any atom is 0.193 e. The average Bonchev–Trinajstić information content (AvgIpc) is 3.42. The summed E-state index contributed by atoms with van der Waals surface area (Å²) in [5.74, 6) is 2.69. The van der Waals surface area contributed by atoms with E-state index in [9.17, 15) is 0 Å². The summed E-state index contributed by atoms with van der Waals surface area (Å²) in [7, 11) is 3.78. The van der Waals surface area contributed by atoms with Crippen molar-refractivity contribution in [3.63, 3.8) is 0 Å². The van der Waals surface area contributed by atoms with Crippen molar-refractivity contribution >= 4 is 5.96 Å². The minimum atomic E-state index is 0.732. The van der Waals surface area contributed by atoms with E-state index in [0.29, 0.717) is 0 Å². The van der Waals surface area contributed by atoms with Crippen LogP contribution in [0.1, 0.15) is 30.9 Å². The lowest BCUT2D eigenvalue weighted by molar-refractivity contribution is 0.115. The minimum Gasteiger partial charge on any atom is -0.496 e. The number of methoxy groups -OCH3 is 1. The van der Waals surface area contributed by atoms with Crippen molar-refractivity contribution in [3.05, 3.63) is 29.3 Å². The number of guanidine groups is 1. The highest BCUT2D eigenvalue weighted by Gasteiger charge is 2.21. The summed E-state index contributed by atoms with van der Waals surface area (Å²) < 4.78 is 11.2. The van der Waals surface area contributed by atoms with Gasteiger partial charge >= 0.3 is 0 Å². The number of hydrogen-bond donors (Lipinski definition) is 1. The molecule has 5 heteroatoms. The Bertz CT molecular complexity index is 556. The van der Waals surface area contributed by atoms with Gasteiger partial charge in [0.15, 0.2) is 5.96 Å². The fourth-order valence-corrected chi connectivity index (χ4v) is 2.70. The van der Waals surface area contributed by atoms with Crippen LogP contribution >= 0.6 is 0 Å². The molecule has 1 saturated carbocycles. The van der Waals surface area contributed by atoms with E-state index in [2.05, 4.69) is 43.2 Å². The number of nitrogens with zero attached hydrogens (tertiary/aromatic N) is 2. The van der Waals surface area contributed by atoms with Gasteiger partial charge in [0.1, 0.15) is 5.75 Å². The number of benzene rings is 1. The molecular weight excluding hydrogens is 314 g/mol. The molecule has 0 radical (unpaired) electrons. The first-order chi connectivity index (χ1) is 12.1. The Labute approximate surface area is 152 Å². The van der Waals surface area contributed by atoms with Crippen LogP contribution in [0.3, 0.4) is 0 Å². The van der Waals surface area contributed by atoms with Crippen LogP contribution < -0.4 is 10.1 Å². The number of likely N-dealkylation sites (N-methyl/N-ethyl adjacent to an activating group) is 1. The second kappa shape index (κ2) is 10.3. The van der Waals surface area contributed by atoms with Crippen molar-refractivity contribution < 1.29 is 9.47 Å². The molecule has 0 aliphatic heterocycles. The lowest BCUT2D eigenvalue weighted by Gasteiger charge is -2.22. The topological polar surface area (TPSA) is 46.1 Å². The fraction of sp³-hybridized carbons (Fsp3) is 0.650. The molecular formula is C20H33N3O2. The molecule has 0 spiro atoms. The summed E-state index contributed by atoms with van der Waals surface area (Å²) in [6.07, 6.45) is 3.54. The zero-order valence-corrected chi connectivity index (χ0v) is 16.2. The van der Waals surface area contributed by atoms with Crippen molar-refractivity contribution in [1.82, 2.24) is 10.2 Å². The summed E-state index contributed by atoms with van der Waals surface area (Å²) in [5.41, 5.74) is 2.45. The van der Waals surface area contributed by atoms with Gasteiger partial charge in [-0.3, -0.25) is 4.99 Å². The molecule has 0 saturated heterocycles. The first-order valence-corrected chi connectivity index (χ1v) is 9.34. The smallest absolute Gasteiger partial charge is 0.193 e. The van der Waals surface area contributed by atoms with Gasteiger partial charge in [-0.15, -0.1) is 0 Å². The maximum atomic E-state index is 5.73. The van der Waals surface area contributed by atoms with Crippen LogP contribution in [0.15, 0.2) is 23.2 Å². The third-order valence-electron chi connectivity index (χ3n) is 4.40. The third-order valence-corrected chi connectivity index (χ3v) is 4.40. The van der Waals surface area contributed by atoms with E-state index in [1.165, 1.54) is 24.0 Å². The molecule has 1 aliphatic rings. The van der Waals surface area contributed by atoms with Crippen molar-refractivity contribution in [2.24, 2.45) is 10.9 Å². The summed E-state index contributed by atoms with van der Waals surface area (Å²) in [5, 5.41) is 3.36. The molecule has 5 nitrogen and oxygen atoms in total. The molecule has 0 amide bonds. The second-order valence-corrected chi connectivity index (χ2v) is 6.74. The molecule has 0 unspecified atom stereocenters. The Kier molecular flexibility index (Phi) is 8.06. The number of aryl methyl sites for hydroxylation is 1. The van der Waals surface area contributed by atoms with Crippen LogP contribution in [0, 0.1) is 12.8 Å². The standard InChI is InChI=1S/C20H33N3O2/c1-5-21-20(23(3)12-13-25-15-17-7-8-17)22-11-10-18-14-16(2)6-9-19(18)24-4/h6,9,14,17H,5,7-8,10-13,15H2,1-4H3,(H,21,22). The number of ether oxygens (including phenoxy) is 2. The normalized spacial score (nSPS) is 14.5. The summed E-state index contributed by atoms with van der Waals surface area (Å²) >= 11 is 0. The first kappa shape index (κ1) is 19.6. The summed E-state index contributed by atoms with van der Waals surface area (Å²) in [4.78, 5) is 6.90.